The molecule has 0 N–H and O–H groups in total. The van der Waals surface area contributed by atoms with Gasteiger partial charge in [-0.1, -0.05) is 0 Å². The molecule has 0 aromatic carbocycles. The van der Waals surface area contributed by atoms with Crippen LogP contribution in [-0.2, 0) is 33.3 Å². The Morgan fingerprint density at radius 2 is 1.68 bits per heavy atom. The third-order valence-corrected chi connectivity index (χ3v) is 2.27. The van der Waals surface area contributed by atoms with E-state index in [1.807, 2.05) is 0 Å². The zero-order valence-electron chi connectivity index (χ0n) is 11.0. The van der Waals surface area contributed by atoms with Crippen LogP contribution < -0.4 is 0 Å². The third-order valence-electron chi connectivity index (χ3n) is 2.27. The molecule has 1 aliphatic heterocycles. The summed E-state index contributed by atoms with van der Waals surface area (Å²) in [4.78, 5) is 32.9. The second-order valence-electron chi connectivity index (χ2n) is 3.95. The highest BCUT2D eigenvalue weighted by Gasteiger charge is 2.37. The van der Waals surface area contributed by atoms with Crippen LogP contribution in [0.2, 0.25) is 0 Å². The fraction of sp³-hybridized carbons (Fsp3) is 0.583. The summed E-state index contributed by atoms with van der Waals surface area (Å²) in [5.41, 5.74) is 0. The molecule has 0 radical (unpaired) electrons. The molecule has 7 nitrogen and oxygen atoms in total. The van der Waals surface area contributed by atoms with Crippen LogP contribution in [0.3, 0.4) is 0 Å². The third kappa shape index (κ3) is 4.99. The van der Waals surface area contributed by atoms with Crippen molar-refractivity contribution in [3.63, 3.8) is 0 Å². The Kier molecular flexibility index (Phi) is 5.35. The van der Waals surface area contributed by atoms with E-state index in [0.29, 0.717) is 0 Å². The van der Waals surface area contributed by atoms with E-state index in [1.54, 1.807) is 0 Å². The molecule has 1 rings (SSSR count). The molecule has 7 heteroatoms. The lowest BCUT2D eigenvalue weighted by Gasteiger charge is -2.32. The standard InChI is InChI=1S/C12H16O7/c1-7(13)17-6-11-12(19-9(3)15)10(4-5-16-11)18-8(2)14/h4-5,10-12H,6H2,1-3H3/t10-,11+,12+/m1/s1. The van der Waals surface area contributed by atoms with Gasteiger partial charge in [0.2, 0.25) is 0 Å². The van der Waals surface area contributed by atoms with Crippen molar-refractivity contribution in [1.29, 1.82) is 0 Å². The zero-order valence-corrected chi connectivity index (χ0v) is 11.0. The molecule has 0 saturated heterocycles. The normalized spacial score (nSPS) is 25.1. The Morgan fingerprint density at radius 3 is 2.21 bits per heavy atom. The van der Waals surface area contributed by atoms with Gasteiger partial charge in [0.05, 0.1) is 6.26 Å². The van der Waals surface area contributed by atoms with E-state index in [9.17, 15) is 14.4 Å². The summed E-state index contributed by atoms with van der Waals surface area (Å²) in [5, 5.41) is 0. The van der Waals surface area contributed by atoms with E-state index in [2.05, 4.69) is 0 Å². The number of rotatable bonds is 4. The van der Waals surface area contributed by atoms with E-state index in [0.717, 1.165) is 0 Å². The number of ether oxygens (including phenoxy) is 4. The maximum atomic E-state index is 11.1. The van der Waals surface area contributed by atoms with Crippen LogP contribution in [0, 0.1) is 0 Å². The Morgan fingerprint density at radius 1 is 1.05 bits per heavy atom. The highest BCUT2D eigenvalue weighted by Crippen LogP contribution is 2.19. The van der Waals surface area contributed by atoms with Crippen LogP contribution in [-0.4, -0.2) is 42.8 Å². The maximum absolute atomic E-state index is 11.1. The summed E-state index contributed by atoms with van der Waals surface area (Å²) < 4.78 is 20.1. The van der Waals surface area contributed by atoms with Gasteiger partial charge in [-0.3, -0.25) is 14.4 Å². The van der Waals surface area contributed by atoms with Crippen molar-refractivity contribution in [3.8, 4) is 0 Å². The maximum Gasteiger partial charge on any atom is 0.303 e. The average Bonchev–Trinajstić information content (AvgIpc) is 2.28. The molecule has 0 spiro atoms. The minimum absolute atomic E-state index is 0.102. The van der Waals surface area contributed by atoms with Crippen molar-refractivity contribution >= 4 is 17.9 Å². The van der Waals surface area contributed by atoms with Gasteiger partial charge in [0.25, 0.3) is 0 Å². The van der Waals surface area contributed by atoms with Crippen molar-refractivity contribution in [1.82, 2.24) is 0 Å². The zero-order chi connectivity index (χ0) is 14.4. The first-order chi connectivity index (χ1) is 8.90. The van der Waals surface area contributed by atoms with Crippen molar-refractivity contribution < 1.29 is 33.3 Å². The molecule has 0 fully saturated rings. The molecule has 0 aromatic heterocycles. The fourth-order valence-electron chi connectivity index (χ4n) is 1.59. The molecule has 1 heterocycles. The second kappa shape index (κ2) is 6.77. The molecule has 1 aliphatic rings. The highest BCUT2D eigenvalue weighted by atomic mass is 16.6. The average molecular weight is 272 g/mol. The molecule has 0 aliphatic carbocycles. The summed E-state index contributed by atoms with van der Waals surface area (Å²) in [6.45, 7) is 3.62. The molecule has 0 saturated carbocycles. The highest BCUT2D eigenvalue weighted by molar-refractivity contribution is 5.68. The van der Waals surface area contributed by atoms with Crippen molar-refractivity contribution in [2.24, 2.45) is 0 Å². The van der Waals surface area contributed by atoms with Gasteiger partial charge in [0, 0.05) is 20.8 Å². The minimum atomic E-state index is -0.856. The first kappa shape index (κ1) is 15.0. The quantitative estimate of drug-likeness (QED) is 0.538. The fourth-order valence-corrected chi connectivity index (χ4v) is 1.59. The molecule has 0 bridgehead atoms. The second-order valence-corrected chi connectivity index (χ2v) is 3.95. The van der Waals surface area contributed by atoms with E-state index >= 15 is 0 Å². The van der Waals surface area contributed by atoms with Crippen LogP contribution in [0.15, 0.2) is 12.3 Å². The SMILES string of the molecule is CC(=O)OC[C@@H]1OC=C[C@@H](OC(C)=O)[C@@H]1OC(C)=O. The summed E-state index contributed by atoms with van der Waals surface area (Å²) in [6, 6.07) is 0. The van der Waals surface area contributed by atoms with Crippen LogP contribution in [0.5, 0.6) is 0 Å². The summed E-state index contributed by atoms with van der Waals surface area (Å²) >= 11 is 0. The van der Waals surface area contributed by atoms with Crippen molar-refractivity contribution in [3.05, 3.63) is 12.3 Å². The largest absolute Gasteiger partial charge is 0.491 e. The predicted octanol–water partition coefficient (Wildman–Crippen LogP) is 0.325. The summed E-state index contributed by atoms with van der Waals surface area (Å²) in [6.07, 6.45) is 0.435. The molecule has 19 heavy (non-hydrogen) atoms. The monoisotopic (exact) mass is 272 g/mol. The van der Waals surface area contributed by atoms with Crippen LogP contribution in [0.1, 0.15) is 20.8 Å². The molecule has 0 unspecified atom stereocenters. The lowest BCUT2D eigenvalue weighted by atomic mass is 10.1. The first-order valence-corrected chi connectivity index (χ1v) is 5.70. The topological polar surface area (TPSA) is 88.1 Å². The Labute approximate surface area is 110 Å². The molecular weight excluding hydrogens is 256 g/mol. The van der Waals surface area contributed by atoms with Crippen LogP contribution in [0.25, 0.3) is 0 Å². The van der Waals surface area contributed by atoms with Gasteiger partial charge in [-0.2, -0.15) is 0 Å². The van der Waals surface area contributed by atoms with E-state index in [4.69, 9.17) is 18.9 Å². The van der Waals surface area contributed by atoms with E-state index in [-0.39, 0.29) is 6.61 Å². The number of esters is 3. The van der Waals surface area contributed by atoms with Crippen molar-refractivity contribution in [2.75, 3.05) is 6.61 Å². The van der Waals surface area contributed by atoms with Gasteiger partial charge < -0.3 is 18.9 Å². The van der Waals surface area contributed by atoms with Gasteiger partial charge in [0.1, 0.15) is 6.61 Å². The molecule has 3 atom stereocenters. The van der Waals surface area contributed by atoms with Gasteiger partial charge in [-0.15, -0.1) is 0 Å². The van der Waals surface area contributed by atoms with E-state index in [1.165, 1.54) is 33.1 Å². The minimum Gasteiger partial charge on any atom is -0.491 e. The van der Waals surface area contributed by atoms with Gasteiger partial charge in [-0.05, 0) is 6.08 Å². The Balaban J connectivity index is 2.77. The number of hydrogen-bond donors (Lipinski definition) is 0. The lowest BCUT2D eigenvalue weighted by Crippen LogP contribution is -2.47. The molecule has 0 amide bonds. The number of carbonyl (C=O) groups excluding carboxylic acids is 3. The Hall–Kier alpha value is -2.05. The lowest BCUT2D eigenvalue weighted by molar-refractivity contribution is -0.178. The summed E-state index contributed by atoms with van der Waals surface area (Å²) in [7, 11) is 0. The van der Waals surface area contributed by atoms with Crippen LogP contribution >= 0.6 is 0 Å². The smallest absolute Gasteiger partial charge is 0.303 e. The van der Waals surface area contributed by atoms with Gasteiger partial charge >= 0.3 is 17.9 Å². The molecule has 0 aromatic rings. The van der Waals surface area contributed by atoms with E-state index < -0.39 is 36.2 Å². The summed E-state index contributed by atoms with van der Waals surface area (Å²) in [5.74, 6) is -1.54. The first-order valence-electron chi connectivity index (χ1n) is 5.70. The molecular formula is C12H16O7. The molecule has 106 valence electrons. The number of hydrogen-bond acceptors (Lipinski definition) is 7. The van der Waals surface area contributed by atoms with Gasteiger partial charge in [-0.25, -0.2) is 0 Å². The predicted molar refractivity (Wildman–Crippen MR) is 61.8 cm³/mol. The van der Waals surface area contributed by atoms with Crippen molar-refractivity contribution in [2.45, 2.75) is 39.1 Å². The Bertz CT molecular complexity index is 388. The van der Waals surface area contributed by atoms with Gasteiger partial charge in [0.15, 0.2) is 18.3 Å². The van der Waals surface area contributed by atoms with Crippen LogP contribution in [0.4, 0.5) is 0 Å². The number of carbonyl (C=O) groups is 3.